The van der Waals surface area contributed by atoms with Gasteiger partial charge in [-0.25, -0.2) is 0 Å². The number of carbonyl (C=O) groups is 2. The van der Waals surface area contributed by atoms with Crippen LogP contribution in [0.3, 0.4) is 0 Å². The zero-order chi connectivity index (χ0) is 18.0. The van der Waals surface area contributed by atoms with Crippen LogP contribution in [0, 0.1) is 19.8 Å². The summed E-state index contributed by atoms with van der Waals surface area (Å²) in [7, 11) is 1.53. The van der Waals surface area contributed by atoms with Crippen molar-refractivity contribution in [3.05, 3.63) is 17.0 Å². The first kappa shape index (κ1) is 17.9. The Morgan fingerprint density at radius 3 is 2.52 bits per heavy atom. The molecule has 1 aromatic rings. The highest BCUT2D eigenvalue weighted by Crippen LogP contribution is 2.40. The van der Waals surface area contributed by atoms with E-state index in [4.69, 9.17) is 9.26 Å². The second-order valence-electron chi connectivity index (χ2n) is 7.40. The van der Waals surface area contributed by atoms with Crippen LogP contribution in [0.1, 0.15) is 53.9 Å². The quantitative estimate of drug-likeness (QED) is 0.847. The summed E-state index contributed by atoms with van der Waals surface area (Å²) in [4.78, 5) is 26.7. The highest BCUT2D eigenvalue weighted by molar-refractivity contribution is 5.96. The van der Waals surface area contributed by atoms with Gasteiger partial charge in [0.2, 0.25) is 5.91 Å². The standard InChI is InChI=1S/C18H27N3O4/c1-12-16(13(2)25-20-12)17(23)21-8-6-18(7-9-21,10-14-4-5-14)19-15(22)11-24-3/h14H,4-11H2,1-3H3,(H,19,22). The van der Waals surface area contributed by atoms with Crippen LogP contribution in [0.25, 0.3) is 0 Å². The van der Waals surface area contributed by atoms with E-state index in [0.29, 0.717) is 36.0 Å². The van der Waals surface area contributed by atoms with Gasteiger partial charge in [0.1, 0.15) is 17.9 Å². The van der Waals surface area contributed by atoms with Crippen molar-refractivity contribution >= 4 is 11.8 Å². The molecule has 0 radical (unpaired) electrons. The summed E-state index contributed by atoms with van der Waals surface area (Å²) in [6, 6.07) is 0. The third kappa shape index (κ3) is 4.03. The number of hydrogen-bond acceptors (Lipinski definition) is 5. The number of piperidine rings is 1. The molecule has 0 atom stereocenters. The van der Waals surface area contributed by atoms with Crippen molar-refractivity contribution in [3.8, 4) is 0 Å². The van der Waals surface area contributed by atoms with Gasteiger partial charge in [0.25, 0.3) is 5.91 Å². The number of likely N-dealkylation sites (tertiary alicyclic amines) is 1. The Morgan fingerprint density at radius 1 is 1.32 bits per heavy atom. The zero-order valence-electron chi connectivity index (χ0n) is 15.3. The molecule has 2 fully saturated rings. The lowest BCUT2D eigenvalue weighted by Gasteiger charge is -2.42. The second-order valence-corrected chi connectivity index (χ2v) is 7.40. The fraction of sp³-hybridized carbons (Fsp3) is 0.722. The highest BCUT2D eigenvalue weighted by Gasteiger charge is 2.41. The monoisotopic (exact) mass is 349 g/mol. The summed E-state index contributed by atoms with van der Waals surface area (Å²) in [5.74, 6) is 1.16. The van der Waals surface area contributed by atoms with Crippen molar-refractivity contribution in [2.45, 2.75) is 51.5 Å². The third-order valence-electron chi connectivity index (χ3n) is 5.31. The predicted molar refractivity (Wildman–Crippen MR) is 91.2 cm³/mol. The molecule has 1 aromatic heterocycles. The molecule has 0 unspecified atom stereocenters. The van der Waals surface area contributed by atoms with Crippen LogP contribution in [0.2, 0.25) is 0 Å². The molecule has 1 N–H and O–H groups in total. The van der Waals surface area contributed by atoms with Gasteiger partial charge in [-0.2, -0.15) is 0 Å². The van der Waals surface area contributed by atoms with E-state index in [-0.39, 0.29) is 24.0 Å². The summed E-state index contributed by atoms with van der Waals surface area (Å²) >= 11 is 0. The van der Waals surface area contributed by atoms with Gasteiger partial charge in [0.05, 0.1) is 5.69 Å². The van der Waals surface area contributed by atoms with E-state index in [1.807, 2.05) is 4.90 Å². The molecule has 0 bridgehead atoms. The first-order chi connectivity index (χ1) is 11.9. The van der Waals surface area contributed by atoms with Crippen LogP contribution in [0.15, 0.2) is 4.52 Å². The Balaban J connectivity index is 1.66. The number of amides is 2. The van der Waals surface area contributed by atoms with Gasteiger partial charge < -0.3 is 19.5 Å². The number of carbonyl (C=O) groups excluding carboxylic acids is 2. The van der Waals surface area contributed by atoms with Crippen molar-refractivity contribution < 1.29 is 18.8 Å². The Morgan fingerprint density at radius 2 is 2.00 bits per heavy atom. The summed E-state index contributed by atoms with van der Waals surface area (Å²) in [6.45, 7) is 4.88. The minimum atomic E-state index is -0.216. The van der Waals surface area contributed by atoms with Crippen LogP contribution in [-0.2, 0) is 9.53 Å². The Bertz CT molecular complexity index is 623. The molecule has 7 heteroatoms. The number of aryl methyl sites for hydroxylation is 2. The van der Waals surface area contributed by atoms with Crippen molar-refractivity contribution in [2.75, 3.05) is 26.8 Å². The molecule has 0 spiro atoms. The van der Waals surface area contributed by atoms with Crippen LogP contribution in [0.5, 0.6) is 0 Å². The summed E-state index contributed by atoms with van der Waals surface area (Å²) in [5.41, 5.74) is 0.982. The largest absolute Gasteiger partial charge is 0.375 e. The third-order valence-corrected chi connectivity index (χ3v) is 5.31. The molecule has 2 amide bonds. The molecule has 1 aliphatic carbocycles. The van der Waals surface area contributed by atoms with Crippen LogP contribution >= 0.6 is 0 Å². The lowest BCUT2D eigenvalue weighted by molar-refractivity contribution is -0.127. The smallest absolute Gasteiger partial charge is 0.259 e. The number of rotatable bonds is 6. The van der Waals surface area contributed by atoms with Crippen molar-refractivity contribution in [3.63, 3.8) is 0 Å². The predicted octanol–water partition coefficient (Wildman–Crippen LogP) is 1.83. The summed E-state index contributed by atoms with van der Waals surface area (Å²) in [6.07, 6.45) is 5.02. The van der Waals surface area contributed by atoms with Gasteiger partial charge in [-0.15, -0.1) is 0 Å². The van der Waals surface area contributed by atoms with Crippen molar-refractivity contribution in [2.24, 2.45) is 5.92 Å². The average molecular weight is 349 g/mol. The van der Waals surface area contributed by atoms with Crippen LogP contribution < -0.4 is 5.32 Å². The van der Waals surface area contributed by atoms with Crippen molar-refractivity contribution in [1.29, 1.82) is 0 Å². The van der Waals surface area contributed by atoms with E-state index < -0.39 is 0 Å². The Hall–Kier alpha value is -1.89. The Kier molecular flexibility index (Phi) is 5.13. The summed E-state index contributed by atoms with van der Waals surface area (Å²) in [5, 5.41) is 7.06. The molecule has 0 aromatic carbocycles. The molecular formula is C18H27N3O4. The molecule has 1 saturated heterocycles. The first-order valence-electron chi connectivity index (χ1n) is 8.96. The number of ether oxygens (including phenoxy) is 1. The summed E-state index contributed by atoms with van der Waals surface area (Å²) < 4.78 is 10.1. The fourth-order valence-corrected chi connectivity index (χ4v) is 3.80. The van der Waals surface area contributed by atoms with Crippen molar-refractivity contribution in [1.82, 2.24) is 15.4 Å². The number of methoxy groups -OCH3 is 1. The maximum absolute atomic E-state index is 12.8. The molecule has 7 nitrogen and oxygen atoms in total. The number of nitrogens with one attached hydrogen (secondary N) is 1. The molecule has 3 rings (SSSR count). The topological polar surface area (TPSA) is 84.7 Å². The fourth-order valence-electron chi connectivity index (χ4n) is 3.80. The number of hydrogen-bond donors (Lipinski definition) is 1. The highest BCUT2D eigenvalue weighted by atomic mass is 16.5. The lowest BCUT2D eigenvalue weighted by Crippen LogP contribution is -2.57. The molecule has 2 heterocycles. The van der Waals surface area contributed by atoms with Gasteiger partial charge in [0, 0.05) is 25.7 Å². The van der Waals surface area contributed by atoms with Gasteiger partial charge in [-0.1, -0.05) is 18.0 Å². The Labute approximate surface area is 148 Å². The van der Waals surface area contributed by atoms with Crippen LogP contribution in [-0.4, -0.2) is 54.2 Å². The van der Waals surface area contributed by atoms with E-state index in [0.717, 1.165) is 19.3 Å². The second kappa shape index (κ2) is 7.15. The molecule has 1 saturated carbocycles. The van der Waals surface area contributed by atoms with Gasteiger partial charge in [-0.05, 0) is 39.0 Å². The SMILES string of the molecule is COCC(=O)NC1(CC2CC2)CCN(C(=O)c2c(C)noc2C)CC1. The van der Waals surface area contributed by atoms with Crippen LogP contribution in [0.4, 0.5) is 0 Å². The normalized spacial score (nSPS) is 19.7. The maximum atomic E-state index is 12.8. The molecule has 2 aliphatic rings. The first-order valence-corrected chi connectivity index (χ1v) is 8.96. The lowest BCUT2D eigenvalue weighted by atomic mass is 9.82. The van der Waals surface area contributed by atoms with Gasteiger partial charge in [0.15, 0.2) is 0 Å². The van der Waals surface area contributed by atoms with Gasteiger partial charge >= 0.3 is 0 Å². The average Bonchev–Trinajstić information content (AvgIpc) is 3.31. The number of aromatic nitrogens is 1. The van der Waals surface area contributed by atoms with Gasteiger partial charge in [-0.3, -0.25) is 9.59 Å². The van der Waals surface area contributed by atoms with E-state index in [1.165, 1.54) is 20.0 Å². The molecular weight excluding hydrogens is 322 g/mol. The molecule has 1 aliphatic heterocycles. The van der Waals surface area contributed by atoms with E-state index in [1.54, 1.807) is 13.8 Å². The number of nitrogens with zero attached hydrogens (tertiary/aromatic N) is 2. The molecule has 25 heavy (non-hydrogen) atoms. The minimum absolute atomic E-state index is 0.0283. The van der Waals surface area contributed by atoms with E-state index in [2.05, 4.69) is 10.5 Å². The molecule has 138 valence electrons. The maximum Gasteiger partial charge on any atom is 0.259 e. The zero-order valence-corrected chi connectivity index (χ0v) is 15.3. The van der Waals surface area contributed by atoms with E-state index >= 15 is 0 Å². The van der Waals surface area contributed by atoms with E-state index in [9.17, 15) is 9.59 Å². The minimum Gasteiger partial charge on any atom is -0.375 e.